The molecule has 33 heavy (non-hydrogen) atoms. The molecule has 3 rings (SSSR count). The van der Waals surface area contributed by atoms with E-state index in [1.807, 2.05) is 24.3 Å². The lowest BCUT2D eigenvalue weighted by Crippen LogP contribution is -2.48. The van der Waals surface area contributed by atoms with Crippen molar-refractivity contribution in [3.05, 3.63) is 72.6 Å². The highest BCUT2D eigenvalue weighted by Gasteiger charge is 2.34. The standard InChI is InChI=1S/C25H32N4O3S/c1-25(2,29-17-7-16-26-29)24(31)28-22(18-8-12-20(32-3)13-9-18)23(30)27-19-10-14-21(15-11-19)33(4,5)6/h7-17,22H,1-6H3,(H,27,30)(H,28,31). The molecule has 2 aromatic carbocycles. The van der Waals surface area contributed by atoms with E-state index in [9.17, 15) is 9.59 Å². The summed E-state index contributed by atoms with van der Waals surface area (Å²) < 4.78 is 6.80. The molecule has 7 nitrogen and oxygen atoms in total. The number of rotatable bonds is 8. The Labute approximate surface area is 196 Å². The van der Waals surface area contributed by atoms with E-state index in [-0.39, 0.29) is 11.8 Å². The molecule has 0 aliphatic rings. The molecule has 0 fully saturated rings. The Kier molecular flexibility index (Phi) is 7.17. The van der Waals surface area contributed by atoms with Crippen LogP contribution in [0.5, 0.6) is 5.75 Å². The van der Waals surface area contributed by atoms with E-state index in [1.165, 1.54) is 4.90 Å². The van der Waals surface area contributed by atoms with Crippen molar-refractivity contribution in [1.29, 1.82) is 0 Å². The molecule has 1 unspecified atom stereocenters. The van der Waals surface area contributed by atoms with Gasteiger partial charge in [-0.2, -0.15) is 5.10 Å². The average Bonchev–Trinajstić information content (AvgIpc) is 3.33. The Morgan fingerprint density at radius 2 is 1.67 bits per heavy atom. The zero-order chi connectivity index (χ0) is 24.2. The molecule has 0 aliphatic heterocycles. The number of hydrogen-bond donors (Lipinski definition) is 2. The van der Waals surface area contributed by atoms with Crippen LogP contribution in [-0.4, -0.2) is 47.5 Å². The van der Waals surface area contributed by atoms with Gasteiger partial charge in [-0.25, -0.2) is 10.0 Å². The van der Waals surface area contributed by atoms with Crippen LogP contribution >= 0.6 is 10.0 Å². The maximum atomic E-state index is 13.3. The molecular weight excluding hydrogens is 436 g/mol. The van der Waals surface area contributed by atoms with E-state index in [4.69, 9.17) is 4.74 Å². The summed E-state index contributed by atoms with van der Waals surface area (Å²) in [6.07, 6.45) is 10.00. The lowest BCUT2D eigenvalue weighted by molar-refractivity contribution is -0.132. The molecule has 0 aliphatic carbocycles. The topological polar surface area (TPSA) is 85.2 Å². The van der Waals surface area contributed by atoms with Gasteiger partial charge < -0.3 is 15.4 Å². The van der Waals surface area contributed by atoms with Crippen LogP contribution in [0, 0.1) is 0 Å². The number of aromatic nitrogens is 2. The minimum Gasteiger partial charge on any atom is -0.497 e. The first-order valence-electron chi connectivity index (χ1n) is 10.6. The molecule has 1 aromatic heterocycles. The molecular formula is C25H32N4O3S. The zero-order valence-electron chi connectivity index (χ0n) is 20.0. The highest BCUT2D eigenvalue weighted by atomic mass is 32.3. The molecule has 0 spiro atoms. The summed E-state index contributed by atoms with van der Waals surface area (Å²) in [7, 11) is 0.722. The fourth-order valence-electron chi connectivity index (χ4n) is 3.27. The molecule has 2 N–H and O–H groups in total. The summed E-state index contributed by atoms with van der Waals surface area (Å²) in [5, 5.41) is 10.0. The first kappa shape index (κ1) is 24.4. The van der Waals surface area contributed by atoms with Crippen molar-refractivity contribution < 1.29 is 14.3 Å². The third kappa shape index (κ3) is 5.76. The number of anilines is 1. The molecule has 176 valence electrons. The molecule has 0 bridgehead atoms. The second-order valence-electron chi connectivity index (χ2n) is 9.04. The Bertz CT molecular complexity index is 1090. The van der Waals surface area contributed by atoms with Gasteiger partial charge >= 0.3 is 0 Å². The number of nitrogens with zero attached hydrogens (tertiary/aromatic N) is 2. The van der Waals surface area contributed by atoms with E-state index in [1.54, 1.807) is 68.4 Å². The zero-order valence-corrected chi connectivity index (χ0v) is 20.8. The van der Waals surface area contributed by atoms with Crippen molar-refractivity contribution in [2.45, 2.75) is 30.3 Å². The summed E-state index contributed by atoms with van der Waals surface area (Å²) in [5.74, 6) is 0.0101. The number of methoxy groups -OCH3 is 1. The van der Waals surface area contributed by atoms with Crippen LogP contribution in [0.15, 0.2) is 71.9 Å². The van der Waals surface area contributed by atoms with Crippen molar-refractivity contribution in [2.24, 2.45) is 0 Å². The number of benzene rings is 2. The highest BCUT2D eigenvalue weighted by molar-refractivity contribution is 8.32. The number of hydrogen-bond acceptors (Lipinski definition) is 4. The Hall–Kier alpha value is -3.26. The van der Waals surface area contributed by atoms with Crippen molar-refractivity contribution in [3.8, 4) is 5.75 Å². The third-order valence-corrected chi connectivity index (χ3v) is 7.13. The smallest absolute Gasteiger partial charge is 0.251 e. The summed E-state index contributed by atoms with van der Waals surface area (Å²) in [4.78, 5) is 27.8. The van der Waals surface area contributed by atoms with Gasteiger partial charge in [0.1, 0.15) is 17.3 Å². The second-order valence-corrected chi connectivity index (χ2v) is 13.2. The minimum absolute atomic E-state index is 0.325. The van der Waals surface area contributed by atoms with Gasteiger partial charge in [0.15, 0.2) is 0 Å². The van der Waals surface area contributed by atoms with E-state index in [0.29, 0.717) is 17.0 Å². The minimum atomic E-state index is -0.981. The molecule has 0 saturated heterocycles. The second kappa shape index (κ2) is 9.70. The summed E-state index contributed by atoms with van der Waals surface area (Å²) >= 11 is 0. The summed E-state index contributed by atoms with van der Waals surface area (Å²) in [6, 6.07) is 15.8. The monoisotopic (exact) mass is 468 g/mol. The first-order chi connectivity index (χ1) is 15.5. The Morgan fingerprint density at radius 1 is 1.03 bits per heavy atom. The van der Waals surface area contributed by atoms with Crippen LogP contribution in [0.2, 0.25) is 0 Å². The summed E-state index contributed by atoms with van der Waals surface area (Å²) in [6.45, 7) is 3.51. The van der Waals surface area contributed by atoms with Crippen LogP contribution in [-0.2, 0) is 15.1 Å². The van der Waals surface area contributed by atoms with E-state index < -0.39 is 21.6 Å². The van der Waals surface area contributed by atoms with Gasteiger partial charge in [-0.05, 0) is 85.5 Å². The van der Waals surface area contributed by atoms with Gasteiger partial charge in [0.05, 0.1) is 7.11 Å². The number of ether oxygens (including phenoxy) is 1. The van der Waals surface area contributed by atoms with Crippen molar-refractivity contribution in [1.82, 2.24) is 15.1 Å². The number of carbonyl (C=O) groups is 2. The van der Waals surface area contributed by atoms with Gasteiger partial charge in [0, 0.05) is 18.1 Å². The van der Waals surface area contributed by atoms with Gasteiger partial charge in [-0.15, -0.1) is 0 Å². The quantitative estimate of drug-likeness (QED) is 0.519. The van der Waals surface area contributed by atoms with E-state index in [2.05, 4.69) is 34.5 Å². The predicted molar refractivity (Wildman–Crippen MR) is 134 cm³/mol. The van der Waals surface area contributed by atoms with Crippen LogP contribution in [0.3, 0.4) is 0 Å². The third-order valence-electron chi connectivity index (χ3n) is 5.45. The van der Waals surface area contributed by atoms with Crippen molar-refractivity contribution >= 4 is 27.5 Å². The van der Waals surface area contributed by atoms with Gasteiger partial charge in [-0.3, -0.25) is 14.3 Å². The Morgan fingerprint density at radius 3 is 2.18 bits per heavy atom. The maximum Gasteiger partial charge on any atom is 0.251 e. The number of amides is 2. The summed E-state index contributed by atoms with van der Waals surface area (Å²) in [5.41, 5.74) is 0.339. The van der Waals surface area contributed by atoms with Gasteiger partial charge in [0.2, 0.25) is 5.91 Å². The molecule has 1 atom stereocenters. The van der Waals surface area contributed by atoms with Gasteiger partial charge in [-0.1, -0.05) is 12.1 Å². The van der Waals surface area contributed by atoms with Crippen LogP contribution in [0.1, 0.15) is 25.5 Å². The van der Waals surface area contributed by atoms with Crippen LogP contribution in [0.25, 0.3) is 0 Å². The Balaban J connectivity index is 1.86. The lowest BCUT2D eigenvalue weighted by Gasteiger charge is -2.28. The average molecular weight is 469 g/mol. The van der Waals surface area contributed by atoms with Crippen molar-refractivity contribution in [2.75, 3.05) is 31.2 Å². The van der Waals surface area contributed by atoms with Crippen LogP contribution < -0.4 is 15.4 Å². The molecule has 3 aromatic rings. The van der Waals surface area contributed by atoms with Gasteiger partial charge in [0.25, 0.3) is 5.91 Å². The fourth-order valence-corrected chi connectivity index (χ4v) is 4.22. The molecule has 0 saturated carbocycles. The highest BCUT2D eigenvalue weighted by Crippen LogP contribution is 2.45. The lowest BCUT2D eigenvalue weighted by atomic mass is 10.0. The normalized spacial score (nSPS) is 13.2. The molecule has 1 heterocycles. The maximum absolute atomic E-state index is 13.3. The van der Waals surface area contributed by atoms with E-state index >= 15 is 0 Å². The van der Waals surface area contributed by atoms with E-state index in [0.717, 1.165) is 0 Å². The molecule has 8 heteroatoms. The largest absolute Gasteiger partial charge is 0.497 e. The SMILES string of the molecule is COc1ccc(C(NC(=O)C(C)(C)n2cccn2)C(=O)Nc2ccc(S(C)(C)C)cc2)cc1. The predicted octanol–water partition coefficient (Wildman–Crippen LogP) is 4.18. The fraction of sp³-hybridized carbons (Fsp3) is 0.320. The number of nitrogens with one attached hydrogen (secondary N) is 2. The first-order valence-corrected chi connectivity index (χ1v) is 13.4. The molecule has 0 radical (unpaired) electrons. The van der Waals surface area contributed by atoms with Crippen molar-refractivity contribution in [3.63, 3.8) is 0 Å². The van der Waals surface area contributed by atoms with Crippen LogP contribution in [0.4, 0.5) is 5.69 Å². The number of carbonyl (C=O) groups excluding carboxylic acids is 2. The molecule has 2 amide bonds.